The topological polar surface area (TPSA) is 55.4 Å². The fourth-order valence-corrected chi connectivity index (χ4v) is 3.74. The Kier molecular flexibility index (Phi) is 4.24. The van der Waals surface area contributed by atoms with Gasteiger partial charge in [0, 0.05) is 11.7 Å². The molecule has 1 unspecified atom stereocenters. The minimum Gasteiger partial charge on any atom is -0.435 e. The van der Waals surface area contributed by atoms with Crippen molar-refractivity contribution in [3.05, 3.63) is 24.3 Å². The molecule has 0 spiro atoms. The number of nitrogens with one attached hydrogen (secondary N) is 1. The predicted molar refractivity (Wildman–Crippen MR) is 68.4 cm³/mol. The second kappa shape index (κ2) is 5.73. The quantitative estimate of drug-likeness (QED) is 0.924. The summed E-state index contributed by atoms with van der Waals surface area (Å²) >= 11 is 0. The van der Waals surface area contributed by atoms with Gasteiger partial charge in [-0.25, -0.2) is 8.42 Å². The van der Waals surface area contributed by atoms with Crippen molar-refractivity contribution in [1.82, 2.24) is 0 Å². The highest BCUT2D eigenvalue weighted by atomic mass is 32.2. The zero-order valence-corrected chi connectivity index (χ0v) is 11.0. The average molecular weight is 291 g/mol. The van der Waals surface area contributed by atoms with Crippen LogP contribution in [0.15, 0.2) is 24.3 Å². The van der Waals surface area contributed by atoms with Gasteiger partial charge < -0.3 is 10.1 Å². The van der Waals surface area contributed by atoms with Crippen molar-refractivity contribution < 1.29 is 21.9 Å². The molecule has 1 saturated heterocycles. The van der Waals surface area contributed by atoms with E-state index in [0.29, 0.717) is 12.1 Å². The molecule has 1 fully saturated rings. The smallest absolute Gasteiger partial charge is 0.387 e. The Bertz CT molecular complexity index is 516. The molecule has 0 bridgehead atoms. The predicted octanol–water partition coefficient (Wildman–Crippen LogP) is 2.28. The molecule has 2 rings (SSSR count). The molecule has 1 aliphatic heterocycles. The number of sulfone groups is 1. The summed E-state index contributed by atoms with van der Waals surface area (Å²) in [5, 5.41) is 3.09. The molecule has 1 atom stereocenters. The molecule has 0 saturated carbocycles. The summed E-state index contributed by atoms with van der Waals surface area (Å²) in [5.74, 6) is 0.436. The normalized spacial score (nSPS) is 22.2. The maximum Gasteiger partial charge on any atom is 0.387 e. The third-order valence-electron chi connectivity index (χ3n) is 2.91. The van der Waals surface area contributed by atoms with Crippen LogP contribution in [0.1, 0.15) is 12.8 Å². The maximum absolute atomic E-state index is 12.0. The summed E-state index contributed by atoms with van der Waals surface area (Å²) < 4.78 is 51.2. The molecular weight excluding hydrogens is 276 g/mol. The lowest BCUT2D eigenvalue weighted by molar-refractivity contribution is -0.0498. The first-order chi connectivity index (χ1) is 8.94. The van der Waals surface area contributed by atoms with E-state index < -0.39 is 16.4 Å². The summed E-state index contributed by atoms with van der Waals surface area (Å²) in [5.41, 5.74) is 0.698. The van der Waals surface area contributed by atoms with Gasteiger partial charge in [-0.2, -0.15) is 8.78 Å². The van der Waals surface area contributed by atoms with Crippen LogP contribution in [0.3, 0.4) is 0 Å². The second-order valence-electron chi connectivity index (χ2n) is 4.50. The van der Waals surface area contributed by atoms with Crippen LogP contribution in [-0.4, -0.2) is 32.6 Å². The van der Waals surface area contributed by atoms with E-state index in [1.807, 2.05) is 0 Å². The fraction of sp³-hybridized carbons (Fsp3) is 0.500. The van der Waals surface area contributed by atoms with Crippen LogP contribution in [-0.2, 0) is 9.84 Å². The molecule has 7 heteroatoms. The molecule has 1 aromatic rings. The molecular formula is C12H15F2NO3S. The summed E-state index contributed by atoms with van der Waals surface area (Å²) in [7, 11) is -2.96. The van der Waals surface area contributed by atoms with Crippen LogP contribution in [0, 0.1) is 0 Å². The standard InChI is InChI=1S/C12H15F2NO3S/c13-12(14)18-11-5-3-9(4-6-11)15-10-2-1-7-19(16,17)8-10/h3-6,10,12,15H,1-2,7-8H2. The first-order valence-electron chi connectivity index (χ1n) is 5.96. The van der Waals surface area contributed by atoms with E-state index in [4.69, 9.17) is 0 Å². The van der Waals surface area contributed by atoms with E-state index in [2.05, 4.69) is 10.1 Å². The highest BCUT2D eigenvalue weighted by molar-refractivity contribution is 7.91. The van der Waals surface area contributed by atoms with Gasteiger partial charge in [0.2, 0.25) is 0 Å². The van der Waals surface area contributed by atoms with Crippen molar-refractivity contribution in [2.75, 3.05) is 16.8 Å². The number of alkyl halides is 2. The minimum atomic E-state index is -2.96. The summed E-state index contributed by atoms with van der Waals surface area (Å²) in [6.07, 6.45) is 1.43. The van der Waals surface area contributed by atoms with E-state index >= 15 is 0 Å². The van der Waals surface area contributed by atoms with Crippen LogP contribution >= 0.6 is 0 Å². The van der Waals surface area contributed by atoms with Gasteiger partial charge in [0.1, 0.15) is 5.75 Å². The highest BCUT2D eigenvalue weighted by Crippen LogP contribution is 2.21. The summed E-state index contributed by atoms with van der Waals surface area (Å²) in [6, 6.07) is 5.91. The molecule has 1 heterocycles. The zero-order valence-electron chi connectivity index (χ0n) is 10.2. The summed E-state index contributed by atoms with van der Waals surface area (Å²) in [6.45, 7) is -2.85. The van der Waals surface area contributed by atoms with Gasteiger partial charge in [0.05, 0.1) is 11.5 Å². The lowest BCUT2D eigenvalue weighted by Gasteiger charge is -2.24. The SMILES string of the molecule is O=S1(=O)CCCC(Nc2ccc(OC(F)F)cc2)C1. The molecule has 1 N–H and O–H groups in total. The Morgan fingerprint density at radius 2 is 1.95 bits per heavy atom. The lowest BCUT2D eigenvalue weighted by atomic mass is 10.1. The molecule has 106 valence electrons. The largest absolute Gasteiger partial charge is 0.435 e. The molecule has 19 heavy (non-hydrogen) atoms. The Morgan fingerprint density at radius 3 is 2.53 bits per heavy atom. The Morgan fingerprint density at radius 1 is 1.26 bits per heavy atom. The highest BCUT2D eigenvalue weighted by Gasteiger charge is 2.24. The molecule has 0 aliphatic carbocycles. The van der Waals surface area contributed by atoms with Gasteiger partial charge in [-0.3, -0.25) is 0 Å². The fourth-order valence-electron chi connectivity index (χ4n) is 2.10. The van der Waals surface area contributed by atoms with Crippen molar-refractivity contribution in [2.45, 2.75) is 25.5 Å². The maximum atomic E-state index is 12.0. The molecule has 0 amide bonds. The average Bonchev–Trinajstić information content (AvgIpc) is 2.30. The number of ether oxygens (including phenoxy) is 1. The van der Waals surface area contributed by atoms with Crippen molar-refractivity contribution in [1.29, 1.82) is 0 Å². The number of benzene rings is 1. The van der Waals surface area contributed by atoms with Crippen molar-refractivity contribution in [3.63, 3.8) is 0 Å². The van der Waals surface area contributed by atoms with E-state index in [1.165, 1.54) is 12.1 Å². The van der Waals surface area contributed by atoms with Crippen LogP contribution in [0.2, 0.25) is 0 Å². The van der Waals surface area contributed by atoms with Crippen molar-refractivity contribution >= 4 is 15.5 Å². The number of hydrogen-bond donors (Lipinski definition) is 1. The van der Waals surface area contributed by atoms with Gasteiger partial charge in [-0.05, 0) is 37.1 Å². The monoisotopic (exact) mass is 291 g/mol. The van der Waals surface area contributed by atoms with Gasteiger partial charge >= 0.3 is 6.61 Å². The van der Waals surface area contributed by atoms with Gasteiger partial charge in [-0.1, -0.05) is 0 Å². The Balaban J connectivity index is 1.96. The van der Waals surface area contributed by atoms with Crippen molar-refractivity contribution in [3.8, 4) is 5.75 Å². The Hall–Kier alpha value is -1.37. The minimum absolute atomic E-state index is 0.0804. The van der Waals surface area contributed by atoms with E-state index in [1.54, 1.807) is 12.1 Å². The molecule has 1 aromatic carbocycles. The molecule has 0 aromatic heterocycles. The van der Waals surface area contributed by atoms with Crippen molar-refractivity contribution in [2.24, 2.45) is 0 Å². The molecule has 0 radical (unpaired) electrons. The van der Waals surface area contributed by atoms with Crippen LogP contribution in [0.5, 0.6) is 5.75 Å². The molecule has 4 nitrogen and oxygen atoms in total. The first-order valence-corrected chi connectivity index (χ1v) is 7.78. The van der Waals surface area contributed by atoms with E-state index in [0.717, 1.165) is 6.42 Å². The van der Waals surface area contributed by atoms with Gasteiger partial charge in [0.15, 0.2) is 9.84 Å². The van der Waals surface area contributed by atoms with Crippen LogP contribution in [0.4, 0.5) is 14.5 Å². The third-order valence-corrected chi connectivity index (χ3v) is 4.73. The van der Waals surface area contributed by atoms with Crippen LogP contribution in [0.25, 0.3) is 0 Å². The van der Waals surface area contributed by atoms with Crippen LogP contribution < -0.4 is 10.1 Å². The third kappa shape index (κ3) is 4.34. The van der Waals surface area contributed by atoms with E-state index in [9.17, 15) is 17.2 Å². The summed E-state index contributed by atoms with van der Waals surface area (Å²) in [4.78, 5) is 0. The van der Waals surface area contributed by atoms with Gasteiger partial charge in [0.25, 0.3) is 0 Å². The zero-order chi connectivity index (χ0) is 13.9. The second-order valence-corrected chi connectivity index (χ2v) is 6.73. The first kappa shape index (κ1) is 14.0. The number of anilines is 1. The Labute approximate surface area is 110 Å². The lowest BCUT2D eigenvalue weighted by Crippen LogP contribution is -2.34. The van der Waals surface area contributed by atoms with Gasteiger partial charge in [-0.15, -0.1) is 0 Å². The number of halogens is 2. The van der Waals surface area contributed by atoms with E-state index in [-0.39, 0.29) is 23.3 Å². The number of rotatable bonds is 4. The molecule has 1 aliphatic rings. The number of hydrogen-bond acceptors (Lipinski definition) is 4.